The number of anilines is 1. The number of nitrogens with one attached hydrogen (secondary N) is 2. The largest absolute Gasteiger partial charge is 0.352 e. The highest BCUT2D eigenvalue weighted by atomic mass is 19.1. The Labute approximate surface area is 167 Å². The molecule has 0 aromatic heterocycles. The normalized spacial score (nSPS) is 10.3. The second-order valence-electron chi connectivity index (χ2n) is 6.27. The summed E-state index contributed by atoms with van der Waals surface area (Å²) < 4.78 is 13.1. The standard InChI is InChI=1S/C23H19FN2O3/c1-2-25-22(28)16-9-13-18(14-10-16)26-23(29)20-6-4-3-5-19(20)21(27)15-7-11-17(24)12-8-15/h3-14H,2H2,1H3,(H,25,28)(H,26,29). The van der Waals surface area contributed by atoms with Gasteiger partial charge in [-0.2, -0.15) is 0 Å². The Morgan fingerprint density at radius 1 is 0.759 bits per heavy atom. The third-order valence-corrected chi connectivity index (χ3v) is 4.27. The zero-order chi connectivity index (χ0) is 20.8. The molecular formula is C23H19FN2O3. The molecule has 29 heavy (non-hydrogen) atoms. The number of rotatable bonds is 6. The average molecular weight is 390 g/mol. The fraction of sp³-hybridized carbons (Fsp3) is 0.0870. The second-order valence-corrected chi connectivity index (χ2v) is 6.27. The summed E-state index contributed by atoms with van der Waals surface area (Å²) in [5.74, 6) is -1.46. The van der Waals surface area contributed by atoms with Crippen LogP contribution in [0.5, 0.6) is 0 Å². The molecule has 0 aliphatic rings. The van der Waals surface area contributed by atoms with Gasteiger partial charge in [0.15, 0.2) is 5.78 Å². The molecule has 6 heteroatoms. The Balaban J connectivity index is 1.80. The molecule has 0 radical (unpaired) electrons. The van der Waals surface area contributed by atoms with E-state index in [1.807, 2.05) is 6.92 Å². The van der Waals surface area contributed by atoms with Gasteiger partial charge >= 0.3 is 0 Å². The quantitative estimate of drug-likeness (QED) is 0.624. The highest BCUT2D eigenvalue weighted by Crippen LogP contribution is 2.18. The number of amides is 2. The molecule has 0 saturated carbocycles. The van der Waals surface area contributed by atoms with Gasteiger partial charge in [0.2, 0.25) is 0 Å². The first-order chi connectivity index (χ1) is 14.0. The molecule has 2 amide bonds. The number of carbonyl (C=O) groups is 3. The number of carbonyl (C=O) groups excluding carboxylic acids is 3. The molecule has 3 aromatic carbocycles. The second kappa shape index (κ2) is 8.93. The van der Waals surface area contributed by atoms with E-state index >= 15 is 0 Å². The van der Waals surface area contributed by atoms with Crippen molar-refractivity contribution in [2.24, 2.45) is 0 Å². The molecule has 2 N–H and O–H groups in total. The highest BCUT2D eigenvalue weighted by molar-refractivity contribution is 6.17. The molecule has 146 valence electrons. The monoisotopic (exact) mass is 390 g/mol. The molecule has 0 fully saturated rings. The van der Waals surface area contributed by atoms with Crippen LogP contribution >= 0.6 is 0 Å². The first-order valence-corrected chi connectivity index (χ1v) is 9.08. The minimum Gasteiger partial charge on any atom is -0.352 e. The van der Waals surface area contributed by atoms with Crippen molar-refractivity contribution >= 4 is 23.3 Å². The fourth-order valence-electron chi connectivity index (χ4n) is 2.80. The van der Waals surface area contributed by atoms with Gasteiger partial charge in [-0.15, -0.1) is 0 Å². The van der Waals surface area contributed by atoms with Crippen LogP contribution in [0.15, 0.2) is 72.8 Å². The van der Waals surface area contributed by atoms with E-state index < -0.39 is 11.7 Å². The van der Waals surface area contributed by atoms with E-state index in [1.54, 1.807) is 48.5 Å². The van der Waals surface area contributed by atoms with Gasteiger partial charge in [-0.3, -0.25) is 14.4 Å². The molecule has 0 aliphatic heterocycles. The predicted octanol–water partition coefficient (Wildman–Crippen LogP) is 4.06. The molecule has 5 nitrogen and oxygen atoms in total. The van der Waals surface area contributed by atoms with Crippen LogP contribution in [0, 0.1) is 5.82 Å². The van der Waals surface area contributed by atoms with Crippen LogP contribution < -0.4 is 10.6 Å². The molecule has 0 heterocycles. The van der Waals surface area contributed by atoms with Crippen LogP contribution in [0.4, 0.5) is 10.1 Å². The molecule has 0 atom stereocenters. The van der Waals surface area contributed by atoms with Gasteiger partial charge in [0.05, 0.1) is 5.56 Å². The SMILES string of the molecule is CCNC(=O)c1ccc(NC(=O)c2ccccc2C(=O)c2ccc(F)cc2)cc1. The fourth-order valence-corrected chi connectivity index (χ4v) is 2.80. The number of hydrogen-bond acceptors (Lipinski definition) is 3. The van der Waals surface area contributed by atoms with Crippen LogP contribution in [0.2, 0.25) is 0 Å². The van der Waals surface area contributed by atoms with Crippen LogP contribution in [0.25, 0.3) is 0 Å². The zero-order valence-electron chi connectivity index (χ0n) is 15.7. The third kappa shape index (κ3) is 4.73. The Kier molecular flexibility index (Phi) is 6.14. The van der Waals surface area contributed by atoms with Gasteiger partial charge < -0.3 is 10.6 Å². The zero-order valence-corrected chi connectivity index (χ0v) is 15.7. The van der Waals surface area contributed by atoms with Crippen molar-refractivity contribution in [3.05, 3.63) is 101 Å². The lowest BCUT2D eigenvalue weighted by Crippen LogP contribution is -2.22. The highest BCUT2D eigenvalue weighted by Gasteiger charge is 2.18. The molecule has 0 bridgehead atoms. The van der Waals surface area contributed by atoms with Crippen LogP contribution in [0.3, 0.4) is 0 Å². The van der Waals surface area contributed by atoms with Crippen molar-refractivity contribution in [3.63, 3.8) is 0 Å². The van der Waals surface area contributed by atoms with Gasteiger partial charge in [-0.05, 0) is 61.5 Å². The minimum atomic E-state index is -0.457. The summed E-state index contributed by atoms with van der Waals surface area (Å²) in [6.45, 7) is 2.35. The predicted molar refractivity (Wildman–Crippen MR) is 109 cm³/mol. The Morgan fingerprint density at radius 3 is 1.97 bits per heavy atom. The van der Waals surface area contributed by atoms with E-state index in [0.29, 0.717) is 17.8 Å². The van der Waals surface area contributed by atoms with Crippen molar-refractivity contribution in [1.82, 2.24) is 5.32 Å². The topological polar surface area (TPSA) is 75.3 Å². The molecule has 3 aromatic rings. The first kappa shape index (κ1) is 19.9. The van der Waals surface area contributed by atoms with E-state index in [2.05, 4.69) is 10.6 Å². The van der Waals surface area contributed by atoms with Gasteiger partial charge in [-0.1, -0.05) is 18.2 Å². The number of hydrogen-bond donors (Lipinski definition) is 2. The van der Waals surface area contributed by atoms with Crippen molar-refractivity contribution in [3.8, 4) is 0 Å². The maximum Gasteiger partial charge on any atom is 0.256 e. The van der Waals surface area contributed by atoms with Gasteiger partial charge in [-0.25, -0.2) is 4.39 Å². The van der Waals surface area contributed by atoms with Crippen molar-refractivity contribution in [2.75, 3.05) is 11.9 Å². The van der Waals surface area contributed by atoms with Crippen molar-refractivity contribution < 1.29 is 18.8 Å². The Bertz CT molecular complexity index is 1040. The van der Waals surface area contributed by atoms with Crippen molar-refractivity contribution in [1.29, 1.82) is 0 Å². The lowest BCUT2D eigenvalue weighted by atomic mass is 9.98. The number of benzene rings is 3. The van der Waals surface area contributed by atoms with E-state index in [-0.39, 0.29) is 28.4 Å². The summed E-state index contributed by atoms with van der Waals surface area (Å²) in [6.07, 6.45) is 0. The van der Waals surface area contributed by atoms with Crippen LogP contribution in [0.1, 0.15) is 43.6 Å². The van der Waals surface area contributed by atoms with Gasteiger partial charge in [0, 0.05) is 28.9 Å². The molecule has 3 rings (SSSR count). The van der Waals surface area contributed by atoms with Gasteiger partial charge in [0.25, 0.3) is 11.8 Å². The molecule has 0 aliphatic carbocycles. The molecule has 0 saturated heterocycles. The van der Waals surface area contributed by atoms with E-state index in [9.17, 15) is 18.8 Å². The summed E-state index contributed by atoms with van der Waals surface area (Å²) in [7, 11) is 0. The van der Waals surface area contributed by atoms with Crippen molar-refractivity contribution in [2.45, 2.75) is 6.92 Å². The smallest absolute Gasteiger partial charge is 0.256 e. The maximum atomic E-state index is 13.1. The lowest BCUT2D eigenvalue weighted by molar-refractivity contribution is 0.0955. The summed E-state index contributed by atoms with van der Waals surface area (Å²) in [5, 5.41) is 5.43. The minimum absolute atomic E-state index is 0.194. The van der Waals surface area contributed by atoms with E-state index in [4.69, 9.17) is 0 Å². The van der Waals surface area contributed by atoms with E-state index in [0.717, 1.165) is 0 Å². The lowest BCUT2D eigenvalue weighted by Gasteiger charge is -2.10. The van der Waals surface area contributed by atoms with E-state index in [1.165, 1.54) is 24.3 Å². The molecular weight excluding hydrogens is 371 g/mol. The molecule has 0 unspecified atom stereocenters. The number of halogens is 1. The first-order valence-electron chi connectivity index (χ1n) is 9.08. The molecule has 0 spiro atoms. The maximum absolute atomic E-state index is 13.1. The summed E-state index contributed by atoms with van der Waals surface area (Å²) in [6, 6.07) is 18.0. The van der Waals surface area contributed by atoms with Gasteiger partial charge in [0.1, 0.15) is 5.82 Å². The summed E-state index contributed by atoms with van der Waals surface area (Å²) >= 11 is 0. The van der Waals surface area contributed by atoms with Crippen LogP contribution in [-0.2, 0) is 0 Å². The Morgan fingerprint density at radius 2 is 1.34 bits per heavy atom. The average Bonchev–Trinajstić information content (AvgIpc) is 2.74. The summed E-state index contributed by atoms with van der Waals surface area (Å²) in [4.78, 5) is 37.3. The summed E-state index contributed by atoms with van der Waals surface area (Å²) in [5.41, 5.74) is 1.69. The van der Waals surface area contributed by atoms with Crippen LogP contribution in [-0.4, -0.2) is 24.1 Å². The number of ketones is 1. The Hall–Kier alpha value is -3.80. The third-order valence-electron chi connectivity index (χ3n) is 4.27.